The molecule has 1 aromatic carbocycles. The van der Waals surface area contributed by atoms with Crippen molar-refractivity contribution in [3.8, 4) is 5.75 Å². The SMILES string of the molecule is Cc1[nH]nc2c1C(O)CC(c1ccccc1O)C2. The Hall–Kier alpha value is -1.81. The third kappa shape index (κ3) is 1.69. The minimum atomic E-state index is -0.503. The van der Waals surface area contributed by atoms with E-state index in [1.807, 2.05) is 25.1 Å². The Bertz CT molecular complexity index is 577. The maximum atomic E-state index is 10.2. The minimum Gasteiger partial charge on any atom is -0.508 e. The smallest absolute Gasteiger partial charge is 0.119 e. The lowest BCUT2D eigenvalue weighted by molar-refractivity contribution is 0.146. The van der Waals surface area contributed by atoms with Crippen molar-refractivity contribution >= 4 is 0 Å². The number of para-hydroxylation sites is 1. The lowest BCUT2D eigenvalue weighted by Crippen LogP contribution is -2.17. The summed E-state index contributed by atoms with van der Waals surface area (Å²) in [5, 5.41) is 27.3. The van der Waals surface area contributed by atoms with Gasteiger partial charge in [-0.25, -0.2) is 0 Å². The number of phenolic OH excluding ortho intramolecular Hbond substituents is 1. The number of benzene rings is 1. The molecule has 2 aromatic rings. The van der Waals surface area contributed by atoms with Gasteiger partial charge in [-0.3, -0.25) is 5.10 Å². The Kier molecular flexibility index (Phi) is 2.59. The number of nitrogens with zero attached hydrogens (tertiary/aromatic N) is 1. The molecule has 2 atom stereocenters. The molecule has 4 nitrogen and oxygen atoms in total. The van der Waals surface area contributed by atoms with Crippen molar-refractivity contribution < 1.29 is 10.2 Å². The molecule has 1 aliphatic carbocycles. The lowest BCUT2D eigenvalue weighted by atomic mass is 9.80. The summed E-state index contributed by atoms with van der Waals surface area (Å²) in [5.74, 6) is 0.418. The molecule has 1 heterocycles. The second kappa shape index (κ2) is 4.14. The molecule has 0 spiro atoms. The van der Waals surface area contributed by atoms with E-state index >= 15 is 0 Å². The zero-order chi connectivity index (χ0) is 12.7. The van der Waals surface area contributed by atoms with E-state index in [1.165, 1.54) is 0 Å². The highest BCUT2D eigenvalue weighted by Gasteiger charge is 2.31. The third-order valence-electron chi connectivity index (χ3n) is 3.73. The van der Waals surface area contributed by atoms with E-state index in [0.29, 0.717) is 12.2 Å². The van der Waals surface area contributed by atoms with Gasteiger partial charge in [0.15, 0.2) is 0 Å². The number of nitrogens with one attached hydrogen (secondary N) is 1. The molecule has 3 rings (SSSR count). The first-order valence-corrected chi connectivity index (χ1v) is 6.16. The molecule has 94 valence electrons. The molecular formula is C14H16N2O2. The van der Waals surface area contributed by atoms with E-state index in [1.54, 1.807) is 6.07 Å². The van der Waals surface area contributed by atoms with Gasteiger partial charge in [0.05, 0.1) is 11.8 Å². The fourth-order valence-electron chi connectivity index (χ4n) is 2.86. The summed E-state index contributed by atoms with van der Waals surface area (Å²) in [7, 11) is 0. The monoisotopic (exact) mass is 244 g/mol. The van der Waals surface area contributed by atoms with Crippen LogP contribution in [-0.2, 0) is 6.42 Å². The summed E-state index contributed by atoms with van der Waals surface area (Å²) in [6, 6.07) is 7.32. The predicted molar refractivity (Wildman–Crippen MR) is 67.5 cm³/mol. The second-order valence-corrected chi connectivity index (χ2v) is 4.92. The van der Waals surface area contributed by atoms with Gasteiger partial charge in [-0.15, -0.1) is 0 Å². The number of aromatic hydroxyl groups is 1. The van der Waals surface area contributed by atoms with Gasteiger partial charge in [0.25, 0.3) is 0 Å². The van der Waals surface area contributed by atoms with Gasteiger partial charge in [-0.05, 0) is 37.3 Å². The van der Waals surface area contributed by atoms with Crippen LogP contribution >= 0.6 is 0 Å². The molecule has 1 aromatic heterocycles. The zero-order valence-electron chi connectivity index (χ0n) is 10.2. The van der Waals surface area contributed by atoms with E-state index in [0.717, 1.165) is 28.9 Å². The van der Waals surface area contributed by atoms with Crippen LogP contribution in [0.4, 0.5) is 0 Å². The number of aliphatic hydroxyl groups excluding tert-OH is 1. The van der Waals surface area contributed by atoms with E-state index in [2.05, 4.69) is 10.2 Å². The van der Waals surface area contributed by atoms with Gasteiger partial charge in [0.1, 0.15) is 5.75 Å². The number of aromatic amines is 1. The molecule has 0 saturated heterocycles. The van der Waals surface area contributed by atoms with E-state index < -0.39 is 6.10 Å². The van der Waals surface area contributed by atoms with E-state index in [9.17, 15) is 10.2 Å². The Morgan fingerprint density at radius 3 is 2.89 bits per heavy atom. The summed E-state index contributed by atoms with van der Waals surface area (Å²) in [6.45, 7) is 1.93. The van der Waals surface area contributed by atoms with Crippen molar-refractivity contribution in [3.05, 3.63) is 46.8 Å². The first-order chi connectivity index (χ1) is 8.66. The van der Waals surface area contributed by atoms with Crippen molar-refractivity contribution in [2.75, 3.05) is 0 Å². The highest BCUT2D eigenvalue weighted by molar-refractivity contribution is 5.39. The third-order valence-corrected chi connectivity index (χ3v) is 3.73. The van der Waals surface area contributed by atoms with Crippen molar-refractivity contribution in [1.82, 2.24) is 10.2 Å². The number of phenols is 1. The largest absolute Gasteiger partial charge is 0.508 e. The average molecular weight is 244 g/mol. The zero-order valence-corrected chi connectivity index (χ0v) is 10.2. The number of aryl methyl sites for hydroxylation is 1. The molecule has 3 N–H and O–H groups in total. The van der Waals surface area contributed by atoms with Crippen LogP contribution in [0.1, 0.15) is 41.0 Å². The molecule has 0 amide bonds. The maximum Gasteiger partial charge on any atom is 0.119 e. The van der Waals surface area contributed by atoms with Gasteiger partial charge < -0.3 is 10.2 Å². The van der Waals surface area contributed by atoms with Crippen LogP contribution in [-0.4, -0.2) is 20.4 Å². The Morgan fingerprint density at radius 2 is 2.11 bits per heavy atom. The van der Waals surface area contributed by atoms with Crippen LogP contribution in [0, 0.1) is 6.92 Å². The molecule has 0 radical (unpaired) electrons. The van der Waals surface area contributed by atoms with Crippen molar-refractivity contribution in [2.24, 2.45) is 0 Å². The number of hydrogen-bond donors (Lipinski definition) is 3. The molecule has 18 heavy (non-hydrogen) atoms. The lowest BCUT2D eigenvalue weighted by Gasteiger charge is -2.26. The van der Waals surface area contributed by atoms with Gasteiger partial charge in [0, 0.05) is 11.3 Å². The average Bonchev–Trinajstić information content (AvgIpc) is 2.72. The number of aromatic nitrogens is 2. The van der Waals surface area contributed by atoms with Crippen LogP contribution in [0.2, 0.25) is 0 Å². The van der Waals surface area contributed by atoms with Gasteiger partial charge >= 0.3 is 0 Å². The molecule has 0 bridgehead atoms. The standard InChI is InChI=1S/C14H16N2O2/c1-8-14-11(16-15-8)6-9(7-13(14)18)10-4-2-3-5-12(10)17/h2-5,9,13,17-18H,6-7H2,1H3,(H,15,16). The predicted octanol–water partition coefficient (Wildman–Crippen LogP) is 2.19. The van der Waals surface area contributed by atoms with Crippen LogP contribution < -0.4 is 0 Å². The second-order valence-electron chi connectivity index (χ2n) is 4.92. The summed E-state index contributed by atoms with van der Waals surface area (Å²) < 4.78 is 0. The van der Waals surface area contributed by atoms with Crippen LogP contribution in [0.25, 0.3) is 0 Å². The normalized spacial score (nSPS) is 22.8. The molecule has 1 aliphatic rings. The highest BCUT2D eigenvalue weighted by atomic mass is 16.3. The molecule has 0 fully saturated rings. The Morgan fingerprint density at radius 1 is 1.33 bits per heavy atom. The first-order valence-electron chi connectivity index (χ1n) is 6.16. The molecular weight excluding hydrogens is 228 g/mol. The van der Waals surface area contributed by atoms with E-state index in [4.69, 9.17) is 0 Å². The summed E-state index contributed by atoms with van der Waals surface area (Å²) in [5.41, 5.74) is 3.68. The number of hydrogen-bond acceptors (Lipinski definition) is 3. The van der Waals surface area contributed by atoms with Gasteiger partial charge in [-0.2, -0.15) is 5.10 Å². The van der Waals surface area contributed by atoms with Crippen molar-refractivity contribution in [3.63, 3.8) is 0 Å². The molecule has 0 aliphatic heterocycles. The highest BCUT2D eigenvalue weighted by Crippen LogP contribution is 2.41. The van der Waals surface area contributed by atoms with Crippen LogP contribution in [0.3, 0.4) is 0 Å². The summed E-state index contributed by atoms with van der Waals surface area (Å²) in [6.07, 6.45) is 0.885. The maximum absolute atomic E-state index is 10.2. The summed E-state index contributed by atoms with van der Waals surface area (Å²) >= 11 is 0. The van der Waals surface area contributed by atoms with E-state index in [-0.39, 0.29) is 5.92 Å². The Labute approximate surface area is 105 Å². The van der Waals surface area contributed by atoms with Crippen molar-refractivity contribution in [1.29, 1.82) is 0 Å². The first kappa shape index (κ1) is 11.3. The van der Waals surface area contributed by atoms with Crippen molar-refractivity contribution in [2.45, 2.75) is 31.8 Å². The number of aliphatic hydroxyl groups is 1. The fraction of sp³-hybridized carbons (Fsp3) is 0.357. The number of fused-ring (bicyclic) bond motifs is 1. The molecule has 4 heteroatoms. The minimum absolute atomic E-state index is 0.122. The molecule has 0 saturated carbocycles. The topological polar surface area (TPSA) is 69.1 Å². The quantitative estimate of drug-likeness (QED) is 0.720. The molecule has 2 unspecified atom stereocenters. The van der Waals surface area contributed by atoms with Gasteiger partial charge in [-0.1, -0.05) is 18.2 Å². The summed E-state index contributed by atoms with van der Waals surface area (Å²) in [4.78, 5) is 0. The fourth-order valence-corrected chi connectivity index (χ4v) is 2.86. The Balaban J connectivity index is 1.97. The van der Waals surface area contributed by atoms with Crippen LogP contribution in [0.15, 0.2) is 24.3 Å². The van der Waals surface area contributed by atoms with Crippen LogP contribution in [0.5, 0.6) is 5.75 Å². The van der Waals surface area contributed by atoms with Gasteiger partial charge in [0.2, 0.25) is 0 Å². The number of H-pyrrole nitrogens is 1. The number of rotatable bonds is 1.